The number of hydrogen-bond donors (Lipinski definition) is 1. The minimum absolute atomic E-state index is 0.00648. The first kappa shape index (κ1) is 48.1. The van der Waals surface area contributed by atoms with E-state index >= 15 is 35.1 Å². The van der Waals surface area contributed by atoms with Crippen molar-refractivity contribution in [1.29, 1.82) is 0 Å². The van der Waals surface area contributed by atoms with Crippen molar-refractivity contribution in [2.24, 2.45) is 0 Å². The Morgan fingerprint density at radius 1 is 0.391 bits per heavy atom. The van der Waals surface area contributed by atoms with Gasteiger partial charge in [0.15, 0.2) is 82.2 Å². The molecule has 6 rings (SSSR count). The Hall–Kier alpha value is -6.95. The molecule has 1 aromatic heterocycles. The van der Waals surface area contributed by atoms with Gasteiger partial charge in [-0.05, 0) is 5.56 Å². The fourth-order valence-electron chi connectivity index (χ4n) is 6.64. The number of ketones is 1. The molecule has 64 heavy (non-hydrogen) atoms. The Bertz CT molecular complexity index is 2500. The molecule has 1 heterocycles. The molecule has 25 heteroatoms. The molecule has 0 spiro atoms. The number of aromatic nitrogens is 1. The molecule has 0 aliphatic rings. The Balaban J connectivity index is 0.000000337. The van der Waals surface area contributed by atoms with Crippen LogP contribution in [0.1, 0.15) is 15.9 Å². The van der Waals surface area contributed by atoms with E-state index in [2.05, 4.69) is 0 Å². The number of pyridine rings is 1. The number of rotatable bonds is 9. The molecule has 0 saturated heterocycles. The first-order valence-corrected chi connectivity index (χ1v) is 16.9. The number of nitrogens with zero attached hydrogens (tertiary/aromatic N) is 1. The number of benzene rings is 5. The summed E-state index contributed by atoms with van der Waals surface area (Å²) in [5.74, 6) is -72.2. The maximum absolute atomic E-state index is 15.4. The lowest BCUT2D eigenvalue weighted by atomic mass is 9.12. The van der Waals surface area contributed by atoms with Gasteiger partial charge < -0.3 is 5.11 Å². The van der Waals surface area contributed by atoms with Crippen molar-refractivity contribution >= 4 is 39.7 Å². The zero-order chi connectivity index (χ0) is 48.0. The molecule has 0 aliphatic carbocycles. The summed E-state index contributed by atoms with van der Waals surface area (Å²) in [4.78, 5) is 22.5. The summed E-state index contributed by atoms with van der Waals surface area (Å²) < 4.78 is 296. The summed E-state index contributed by atoms with van der Waals surface area (Å²) in [6.45, 7) is 0.247. The lowest BCUT2D eigenvalue weighted by molar-refractivity contribution is -0.683. The zero-order valence-electron chi connectivity index (χ0n) is 30.5. The second kappa shape index (κ2) is 18.0. The lowest BCUT2D eigenvalue weighted by Crippen LogP contribution is -2.81. The molecule has 0 bridgehead atoms. The number of carbonyl (C=O) groups excluding carboxylic acids is 1. The molecule has 5 aromatic carbocycles. The van der Waals surface area contributed by atoms with Gasteiger partial charge in [-0.25, -0.2) is 87.8 Å². The Labute approximate surface area is 342 Å². The van der Waals surface area contributed by atoms with Gasteiger partial charge in [0.1, 0.15) is 52.7 Å². The summed E-state index contributed by atoms with van der Waals surface area (Å²) in [6.07, 6.45) is -3.78. The molecule has 336 valence electrons. The van der Waals surface area contributed by atoms with E-state index in [1.807, 2.05) is 18.2 Å². The molecule has 6 aromatic rings. The number of aliphatic carboxylic acids is 1. The fraction of sp³-hybridized carbons (Fsp3) is 0.0513. The molecule has 0 unspecified atom stereocenters. The highest BCUT2D eigenvalue weighted by Gasteiger charge is 2.52. The normalized spacial score (nSPS) is 11.4. The zero-order valence-corrected chi connectivity index (χ0v) is 30.5. The third-order valence-electron chi connectivity index (χ3n) is 9.44. The van der Waals surface area contributed by atoms with E-state index in [0.29, 0.717) is 5.56 Å². The first-order valence-electron chi connectivity index (χ1n) is 16.9. The molecule has 0 atom stereocenters. The molecule has 0 radical (unpaired) electrons. The van der Waals surface area contributed by atoms with Gasteiger partial charge in [-0.3, -0.25) is 9.59 Å². The Kier molecular flexibility index (Phi) is 13.6. The standard InChI is InChI=1S/C24BF20.C15H13NO3/c26-5-1(6(27)14(35)21(42)13(5)34)25(2-7(28)15(36)22(43)16(37)8(2)29,3-9(30)17(38)23(44)18(39)10(3)31)4-11(32)19(40)24(45)20(41)12(4)33;17-14(13-4-2-1-3-5-13)11-16-8-6-12(7-9-16)10-15(18)19/h;1-9H,10-11H2/q-1;/p+1. The number of carboxylic acids is 1. The van der Waals surface area contributed by atoms with Crippen LogP contribution < -0.4 is 26.4 Å². The molecule has 0 aliphatic heterocycles. The number of carboxylic acid groups (broad SMARTS) is 1. The molecular formula is C39H14BF20NO3. The highest BCUT2D eigenvalue weighted by molar-refractivity contribution is 7.20. The quantitative estimate of drug-likeness (QED) is 0.0413. The smallest absolute Gasteiger partial charge is 0.307 e. The molecule has 0 saturated carbocycles. The lowest BCUT2D eigenvalue weighted by Gasteiger charge is -2.44. The van der Waals surface area contributed by atoms with Crippen LogP contribution in [0.3, 0.4) is 0 Å². The van der Waals surface area contributed by atoms with Gasteiger partial charge in [-0.1, -0.05) is 30.3 Å². The summed E-state index contributed by atoms with van der Waals surface area (Å²) in [7, 11) is 0. The third kappa shape index (κ3) is 7.86. The Morgan fingerprint density at radius 2 is 0.641 bits per heavy atom. The minimum atomic E-state index is -7.22. The fourth-order valence-corrected chi connectivity index (χ4v) is 6.64. The maximum atomic E-state index is 15.4. The Morgan fingerprint density at radius 3 is 0.891 bits per heavy atom. The van der Waals surface area contributed by atoms with Crippen molar-refractivity contribution in [2.75, 3.05) is 0 Å². The predicted octanol–water partition coefficient (Wildman–Crippen LogP) is 7.33. The number of Topliss-reactive ketones (excluding diaryl/α,β-unsaturated/α-hetero) is 1. The van der Waals surface area contributed by atoms with Gasteiger partial charge in [0, 0.05) is 17.7 Å². The molecular weight excluding hydrogens is 921 g/mol. The van der Waals surface area contributed by atoms with E-state index in [-0.39, 0.29) is 18.7 Å². The van der Waals surface area contributed by atoms with E-state index in [1.54, 1.807) is 41.2 Å². The predicted molar refractivity (Wildman–Crippen MR) is 178 cm³/mol. The number of halogens is 20. The topological polar surface area (TPSA) is 58.2 Å². The summed E-state index contributed by atoms with van der Waals surface area (Å²) in [6, 6.07) is 12.5. The van der Waals surface area contributed by atoms with E-state index in [4.69, 9.17) is 5.11 Å². The van der Waals surface area contributed by atoms with Gasteiger partial charge in [0.05, 0.1) is 6.42 Å². The molecule has 1 N–H and O–H groups in total. The van der Waals surface area contributed by atoms with E-state index in [0.717, 1.165) is 5.56 Å². The monoisotopic (exact) mass is 935 g/mol. The van der Waals surface area contributed by atoms with Crippen molar-refractivity contribution in [3.8, 4) is 0 Å². The van der Waals surface area contributed by atoms with Crippen molar-refractivity contribution in [1.82, 2.24) is 0 Å². The maximum Gasteiger partial charge on any atom is 0.307 e. The van der Waals surface area contributed by atoms with Crippen LogP contribution >= 0.6 is 0 Å². The number of hydrogen-bond acceptors (Lipinski definition) is 2. The van der Waals surface area contributed by atoms with Crippen LogP contribution in [0.4, 0.5) is 87.8 Å². The van der Waals surface area contributed by atoms with Crippen molar-refractivity contribution in [2.45, 2.75) is 13.0 Å². The minimum Gasteiger partial charge on any atom is -0.481 e. The summed E-state index contributed by atoms with van der Waals surface area (Å²) in [5.41, 5.74) is -12.9. The van der Waals surface area contributed by atoms with E-state index in [9.17, 15) is 62.3 Å². The molecule has 4 nitrogen and oxygen atoms in total. The van der Waals surface area contributed by atoms with Crippen LogP contribution in [0.15, 0.2) is 54.9 Å². The average molecular weight is 935 g/mol. The second-order valence-electron chi connectivity index (χ2n) is 13.0. The van der Waals surface area contributed by atoms with Gasteiger partial charge in [0.25, 0.3) is 0 Å². The van der Waals surface area contributed by atoms with Crippen molar-refractivity contribution in [3.05, 3.63) is 182 Å². The highest BCUT2D eigenvalue weighted by atomic mass is 19.2. The van der Waals surface area contributed by atoms with Crippen LogP contribution in [-0.4, -0.2) is 23.0 Å². The summed E-state index contributed by atoms with van der Waals surface area (Å²) in [5, 5.41) is 8.67. The van der Waals surface area contributed by atoms with E-state index in [1.165, 1.54) is 0 Å². The third-order valence-corrected chi connectivity index (χ3v) is 9.44. The van der Waals surface area contributed by atoms with Crippen molar-refractivity contribution in [3.63, 3.8) is 0 Å². The largest absolute Gasteiger partial charge is 0.481 e. The van der Waals surface area contributed by atoms with Crippen LogP contribution in [0, 0.1) is 116 Å². The van der Waals surface area contributed by atoms with Gasteiger partial charge >= 0.3 is 5.97 Å². The number of carbonyl (C=O) groups is 2. The van der Waals surface area contributed by atoms with Crippen LogP contribution in [0.25, 0.3) is 0 Å². The summed E-state index contributed by atoms with van der Waals surface area (Å²) >= 11 is 0. The highest BCUT2D eigenvalue weighted by Crippen LogP contribution is 2.30. The van der Waals surface area contributed by atoms with Crippen LogP contribution in [0.2, 0.25) is 0 Å². The van der Waals surface area contributed by atoms with Gasteiger partial charge in [-0.15, -0.1) is 21.9 Å². The second-order valence-corrected chi connectivity index (χ2v) is 13.0. The van der Waals surface area contributed by atoms with Crippen LogP contribution in [-0.2, 0) is 17.8 Å². The van der Waals surface area contributed by atoms with E-state index < -0.39 is 150 Å². The van der Waals surface area contributed by atoms with Gasteiger partial charge in [-0.2, -0.15) is 4.57 Å². The van der Waals surface area contributed by atoms with Crippen LogP contribution in [0.5, 0.6) is 0 Å². The average Bonchev–Trinajstić information content (AvgIpc) is 3.27. The molecule has 0 fully saturated rings. The SMILES string of the molecule is Fc1c(F)c(F)c([B-](c2c(F)c(F)c(F)c(F)c2F)(c2c(F)c(F)c(F)c(F)c2F)c2c(F)c(F)c(F)c(F)c2F)c(F)c1F.O=C(O)Cc1cc[n+](CC(=O)c2ccccc2)cc1. The molecule has 0 amide bonds. The van der Waals surface area contributed by atoms with Gasteiger partial charge in [0.2, 0.25) is 12.3 Å². The van der Waals surface area contributed by atoms with Crippen molar-refractivity contribution < 1.29 is 107 Å². The first-order chi connectivity index (χ1) is 29.8.